The van der Waals surface area contributed by atoms with Crippen LogP contribution in [0.1, 0.15) is 34.1 Å². The van der Waals surface area contributed by atoms with Crippen LogP contribution < -0.4 is 0 Å². The van der Waals surface area contributed by atoms with Crippen LogP contribution in [0.3, 0.4) is 0 Å². The van der Waals surface area contributed by atoms with Crippen molar-refractivity contribution in [3.8, 4) is 0 Å². The fourth-order valence-corrected chi connectivity index (χ4v) is 2.06. The molecule has 2 rings (SSSR count). The summed E-state index contributed by atoms with van der Waals surface area (Å²) >= 11 is 0. The lowest BCUT2D eigenvalue weighted by molar-refractivity contribution is 0.0695. The van der Waals surface area contributed by atoms with Crippen LogP contribution >= 0.6 is 0 Å². The number of carboxylic acid groups (broad SMARTS) is 1. The van der Waals surface area contributed by atoms with E-state index in [2.05, 4.69) is 6.92 Å². The molecule has 0 bridgehead atoms. The molecular weight excluding hydrogens is 230 g/mol. The first-order valence-corrected chi connectivity index (χ1v) is 6.08. The van der Waals surface area contributed by atoms with Gasteiger partial charge in [-0.3, -0.25) is 4.79 Å². The fourth-order valence-electron chi connectivity index (χ4n) is 2.06. The van der Waals surface area contributed by atoms with Gasteiger partial charge in [0.05, 0.1) is 5.56 Å². The number of nitrogens with zero attached hydrogens (tertiary/aromatic N) is 1. The highest BCUT2D eigenvalue weighted by molar-refractivity contribution is 5.95. The topological polar surface area (TPSA) is 57.6 Å². The average Bonchev–Trinajstić information content (AvgIpc) is 3.04. The van der Waals surface area contributed by atoms with Crippen molar-refractivity contribution in [1.82, 2.24) is 4.90 Å². The Morgan fingerprint density at radius 1 is 1.28 bits per heavy atom. The summed E-state index contributed by atoms with van der Waals surface area (Å²) in [5, 5.41) is 8.78. The van der Waals surface area contributed by atoms with Gasteiger partial charge in [0.15, 0.2) is 0 Å². The van der Waals surface area contributed by atoms with Gasteiger partial charge in [0.1, 0.15) is 0 Å². The van der Waals surface area contributed by atoms with Crippen molar-refractivity contribution in [3.05, 3.63) is 35.4 Å². The minimum Gasteiger partial charge on any atom is -0.478 e. The van der Waals surface area contributed by atoms with E-state index in [-0.39, 0.29) is 11.5 Å². The third-order valence-corrected chi connectivity index (χ3v) is 3.51. The smallest absolute Gasteiger partial charge is 0.335 e. The molecule has 1 fully saturated rings. The highest BCUT2D eigenvalue weighted by Crippen LogP contribution is 2.38. The van der Waals surface area contributed by atoms with E-state index in [9.17, 15) is 9.59 Å². The van der Waals surface area contributed by atoms with Gasteiger partial charge in [0.25, 0.3) is 5.91 Å². The third kappa shape index (κ3) is 2.70. The number of benzene rings is 1. The number of carboxylic acids is 1. The van der Waals surface area contributed by atoms with Crippen molar-refractivity contribution >= 4 is 11.9 Å². The monoisotopic (exact) mass is 247 g/mol. The van der Waals surface area contributed by atoms with Crippen molar-refractivity contribution in [2.75, 3.05) is 13.6 Å². The highest BCUT2D eigenvalue weighted by atomic mass is 16.4. The minimum atomic E-state index is -0.978. The van der Waals surface area contributed by atoms with Crippen LogP contribution in [0.2, 0.25) is 0 Å². The van der Waals surface area contributed by atoms with Gasteiger partial charge in [0.2, 0.25) is 0 Å². The maximum Gasteiger partial charge on any atom is 0.335 e. The molecule has 1 aromatic rings. The first-order chi connectivity index (χ1) is 8.49. The molecule has 4 nitrogen and oxygen atoms in total. The Morgan fingerprint density at radius 2 is 1.78 bits per heavy atom. The summed E-state index contributed by atoms with van der Waals surface area (Å²) in [6.07, 6.45) is 1.19. The van der Waals surface area contributed by atoms with E-state index in [1.165, 1.54) is 18.6 Å². The van der Waals surface area contributed by atoms with Gasteiger partial charge >= 0.3 is 5.97 Å². The predicted molar refractivity (Wildman–Crippen MR) is 67.6 cm³/mol. The first-order valence-electron chi connectivity index (χ1n) is 6.08. The van der Waals surface area contributed by atoms with Crippen LogP contribution in [-0.2, 0) is 0 Å². The number of rotatable bonds is 4. The molecule has 0 spiro atoms. The molecular formula is C14H17NO3. The van der Waals surface area contributed by atoms with Crippen LogP contribution in [0, 0.1) is 11.8 Å². The van der Waals surface area contributed by atoms with Gasteiger partial charge in [-0.05, 0) is 42.5 Å². The molecule has 18 heavy (non-hydrogen) atoms. The van der Waals surface area contributed by atoms with E-state index in [0.717, 1.165) is 12.5 Å². The van der Waals surface area contributed by atoms with E-state index in [1.807, 2.05) is 0 Å². The second-order valence-corrected chi connectivity index (χ2v) is 5.04. The van der Waals surface area contributed by atoms with E-state index in [1.54, 1.807) is 24.1 Å². The second-order valence-electron chi connectivity index (χ2n) is 5.04. The Morgan fingerprint density at radius 3 is 2.22 bits per heavy atom. The molecule has 2 atom stereocenters. The van der Waals surface area contributed by atoms with Gasteiger partial charge in [-0.15, -0.1) is 0 Å². The quantitative estimate of drug-likeness (QED) is 0.886. The summed E-state index contributed by atoms with van der Waals surface area (Å²) in [5.74, 6) is 0.312. The lowest BCUT2D eigenvalue weighted by Gasteiger charge is -2.17. The normalized spacial score (nSPS) is 21.4. The van der Waals surface area contributed by atoms with E-state index < -0.39 is 5.97 Å². The largest absolute Gasteiger partial charge is 0.478 e. The average molecular weight is 247 g/mol. The molecule has 4 heteroatoms. The summed E-state index contributed by atoms with van der Waals surface area (Å²) in [5.41, 5.74) is 0.737. The Hall–Kier alpha value is -1.84. The van der Waals surface area contributed by atoms with Gasteiger partial charge in [-0.1, -0.05) is 6.92 Å². The number of carbonyl (C=O) groups is 2. The summed E-state index contributed by atoms with van der Waals surface area (Å²) in [7, 11) is 1.79. The van der Waals surface area contributed by atoms with E-state index >= 15 is 0 Å². The number of hydrogen-bond acceptors (Lipinski definition) is 2. The van der Waals surface area contributed by atoms with E-state index in [4.69, 9.17) is 5.11 Å². The van der Waals surface area contributed by atoms with Gasteiger partial charge in [-0.2, -0.15) is 0 Å². The van der Waals surface area contributed by atoms with Crippen LogP contribution in [0.5, 0.6) is 0 Å². The minimum absolute atomic E-state index is 0.0500. The van der Waals surface area contributed by atoms with Gasteiger partial charge < -0.3 is 10.0 Å². The zero-order chi connectivity index (χ0) is 13.3. The summed E-state index contributed by atoms with van der Waals surface area (Å²) < 4.78 is 0. The molecule has 1 saturated carbocycles. The molecule has 0 aromatic heterocycles. The van der Waals surface area contributed by atoms with Gasteiger partial charge in [0, 0.05) is 19.2 Å². The molecule has 0 aliphatic heterocycles. The molecule has 1 aliphatic rings. The predicted octanol–water partition coefficient (Wildman–Crippen LogP) is 2.11. The van der Waals surface area contributed by atoms with Crippen LogP contribution in [0.4, 0.5) is 0 Å². The molecule has 0 heterocycles. The van der Waals surface area contributed by atoms with Crippen LogP contribution in [0.15, 0.2) is 24.3 Å². The lowest BCUT2D eigenvalue weighted by atomic mass is 10.1. The third-order valence-electron chi connectivity index (χ3n) is 3.51. The van der Waals surface area contributed by atoms with Crippen LogP contribution in [-0.4, -0.2) is 35.5 Å². The first kappa shape index (κ1) is 12.6. The zero-order valence-electron chi connectivity index (χ0n) is 10.6. The standard InChI is InChI=1S/C14H17NO3/c1-9-7-12(9)8-15(2)13(16)10-3-5-11(6-4-10)14(17)18/h3-6,9,12H,7-8H2,1-2H3,(H,17,18). The Kier molecular flexibility index (Phi) is 3.36. The van der Waals surface area contributed by atoms with Crippen molar-refractivity contribution < 1.29 is 14.7 Å². The number of amides is 1. The van der Waals surface area contributed by atoms with Crippen LogP contribution in [0.25, 0.3) is 0 Å². The lowest BCUT2D eigenvalue weighted by Crippen LogP contribution is -2.29. The van der Waals surface area contributed by atoms with Gasteiger partial charge in [-0.25, -0.2) is 4.79 Å². The number of carbonyl (C=O) groups excluding carboxylic acids is 1. The Balaban J connectivity index is 2.01. The summed E-state index contributed by atoms with van der Waals surface area (Å²) in [4.78, 5) is 24.5. The summed E-state index contributed by atoms with van der Waals surface area (Å²) in [6, 6.07) is 6.06. The summed E-state index contributed by atoms with van der Waals surface area (Å²) in [6.45, 7) is 2.96. The second kappa shape index (κ2) is 4.80. The zero-order valence-corrected chi connectivity index (χ0v) is 10.6. The Bertz CT molecular complexity index is 466. The molecule has 1 amide bonds. The fraction of sp³-hybridized carbons (Fsp3) is 0.429. The molecule has 0 radical (unpaired) electrons. The molecule has 2 unspecified atom stereocenters. The number of aromatic carboxylic acids is 1. The molecule has 1 N–H and O–H groups in total. The molecule has 1 aromatic carbocycles. The van der Waals surface area contributed by atoms with Crippen molar-refractivity contribution in [3.63, 3.8) is 0 Å². The maximum absolute atomic E-state index is 12.1. The van der Waals surface area contributed by atoms with Crippen molar-refractivity contribution in [1.29, 1.82) is 0 Å². The SMILES string of the molecule is CC1CC1CN(C)C(=O)c1ccc(C(=O)O)cc1. The van der Waals surface area contributed by atoms with E-state index in [0.29, 0.717) is 11.5 Å². The van der Waals surface area contributed by atoms with Crippen molar-refractivity contribution in [2.24, 2.45) is 11.8 Å². The number of hydrogen-bond donors (Lipinski definition) is 1. The molecule has 96 valence electrons. The Labute approximate surface area is 106 Å². The maximum atomic E-state index is 12.1. The highest BCUT2D eigenvalue weighted by Gasteiger charge is 2.34. The molecule has 1 aliphatic carbocycles. The molecule has 0 saturated heterocycles. The van der Waals surface area contributed by atoms with Crippen molar-refractivity contribution in [2.45, 2.75) is 13.3 Å².